The van der Waals surface area contributed by atoms with E-state index in [0.717, 1.165) is 18.5 Å². The molecule has 0 saturated heterocycles. The van der Waals surface area contributed by atoms with Crippen molar-refractivity contribution in [2.75, 3.05) is 6.54 Å². The molecular formula is C14H21ClFN. The Bertz CT molecular complexity index is 371. The summed E-state index contributed by atoms with van der Waals surface area (Å²) in [5.41, 5.74) is 1.25. The number of halogens is 2. The van der Waals surface area contributed by atoms with Crippen LogP contribution in [0.2, 0.25) is 5.02 Å². The molecule has 0 aliphatic heterocycles. The van der Waals surface area contributed by atoms with Crippen molar-refractivity contribution in [3.05, 3.63) is 34.6 Å². The highest BCUT2D eigenvalue weighted by Gasteiger charge is 2.12. The number of benzene rings is 1. The maximum absolute atomic E-state index is 13.3. The van der Waals surface area contributed by atoms with Crippen molar-refractivity contribution in [1.82, 2.24) is 5.32 Å². The molecule has 0 aliphatic carbocycles. The van der Waals surface area contributed by atoms with E-state index in [1.54, 1.807) is 6.07 Å². The van der Waals surface area contributed by atoms with Gasteiger partial charge in [0, 0.05) is 6.04 Å². The first-order valence-electron chi connectivity index (χ1n) is 5.98. The SMILES string of the molecule is CC(NCCC(C)(C)C)c1ccc(Cl)c(F)c1. The van der Waals surface area contributed by atoms with Gasteiger partial charge in [-0.2, -0.15) is 0 Å². The molecule has 1 rings (SSSR count). The highest BCUT2D eigenvalue weighted by Crippen LogP contribution is 2.21. The summed E-state index contributed by atoms with van der Waals surface area (Å²) >= 11 is 5.65. The summed E-state index contributed by atoms with van der Waals surface area (Å²) in [6.45, 7) is 9.59. The first-order valence-corrected chi connectivity index (χ1v) is 6.36. The summed E-state index contributed by atoms with van der Waals surface area (Å²) in [6.07, 6.45) is 1.09. The minimum atomic E-state index is -0.353. The van der Waals surface area contributed by atoms with Gasteiger partial charge in [0.25, 0.3) is 0 Å². The quantitative estimate of drug-likeness (QED) is 0.833. The zero-order valence-corrected chi connectivity index (χ0v) is 11.7. The Hall–Kier alpha value is -0.600. The number of hydrogen-bond acceptors (Lipinski definition) is 1. The Kier molecular flexibility index (Phi) is 4.96. The van der Waals surface area contributed by atoms with Crippen LogP contribution in [0.25, 0.3) is 0 Å². The first-order chi connectivity index (χ1) is 7.79. The number of nitrogens with one attached hydrogen (secondary N) is 1. The molecule has 0 radical (unpaired) electrons. The van der Waals surface area contributed by atoms with E-state index in [2.05, 4.69) is 26.1 Å². The maximum Gasteiger partial charge on any atom is 0.142 e. The van der Waals surface area contributed by atoms with Crippen LogP contribution in [0, 0.1) is 11.2 Å². The predicted molar refractivity (Wildman–Crippen MR) is 71.9 cm³/mol. The van der Waals surface area contributed by atoms with Gasteiger partial charge in [-0.05, 0) is 43.0 Å². The minimum Gasteiger partial charge on any atom is -0.310 e. The Labute approximate surface area is 108 Å². The fraction of sp³-hybridized carbons (Fsp3) is 0.571. The van der Waals surface area contributed by atoms with Gasteiger partial charge in [0.2, 0.25) is 0 Å². The molecule has 96 valence electrons. The molecule has 17 heavy (non-hydrogen) atoms. The Morgan fingerprint density at radius 3 is 2.53 bits per heavy atom. The molecule has 1 nitrogen and oxygen atoms in total. The Morgan fingerprint density at radius 2 is 2.00 bits per heavy atom. The molecule has 0 amide bonds. The molecule has 1 atom stereocenters. The van der Waals surface area contributed by atoms with Gasteiger partial charge in [0.15, 0.2) is 0 Å². The van der Waals surface area contributed by atoms with Gasteiger partial charge in [-0.25, -0.2) is 4.39 Å². The Morgan fingerprint density at radius 1 is 1.35 bits per heavy atom. The number of hydrogen-bond donors (Lipinski definition) is 1. The summed E-state index contributed by atoms with van der Waals surface area (Å²) in [6, 6.07) is 5.11. The van der Waals surface area contributed by atoms with Crippen molar-refractivity contribution < 1.29 is 4.39 Å². The van der Waals surface area contributed by atoms with E-state index in [1.165, 1.54) is 6.07 Å². The summed E-state index contributed by atoms with van der Waals surface area (Å²) in [5.74, 6) is -0.353. The molecule has 0 saturated carbocycles. The second-order valence-corrected chi connectivity index (χ2v) is 6.07. The van der Waals surface area contributed by atoms with E-state index in [9.17, 15) is 4.39 Å². The monoisotopic (exact) mass is 257 g/mol. The summed E-state index contributed by atoms with van der Waals surface area (Å²) in [7, 11) is 0. The molecule has 0 bridgehead atoms. The molecule has 1 aromatic carbocycles. The second kappa shape index (κ2) is 5.83. The van der Waals surface area contributed by atoms with E-state index in [4.69, 9.17) is 11.6 Å². The van der Waals surface area contributed by atoms with E-state index >= 15 is 0 Å². The molecule has 3 heteroatoms. The van der Waals surface area contributed by atoms with Crippen LogP contribution >= 0.6 is 11.6 Å². The van der Waals surface area contributed by atoms with E-state index < -0.39 is 0 Å². The minimum absolute atomic E-state index is 0.143. The molecule has 1 aromatic rings. The van der Waals surface area contributed by atoms with Crippen LogP contribution in [0.3, 0.4) is 0 Å². The average molecular weight is 258 g/mol. The molecular weight excluding hydrogens is 237 g/mol. The predicted octanol–water partition coefficient (Wildman–Crippen LogP) is 4.57. The van der Waals surface area contributed by atoms with Crippen molar-refractivity contribution in [2.45, 2.75) is 40.2 Å². The van der Waals surface area contributed by atoms with Crippen molar-refractivity contribution in [3.63, 3.8) is 0 Å². The van der Waals surface area contributed by atoms with Gasteiger partial charge in [0.1, 0.15) is 5.82 Å². The van der Waals surface area contributed by atoms with Crippen LogP contribution in [0.15, 0.2) is 18.2 Å². The zero-order valence-electron chi connectivity index (χ0n) is 11.0. The average Bonchev–Trinajstić information content (AvgIpc) is 2.20. The van der Waals surface area contributed by atoms with Crippen LogP contribution in [0.4, 0.5) is 4.39 Å². The first kappa shape index (κ1) is 14.5. The largest absolute Gasteiger partial charge is 0.310 e. The van der Waals surface area contributed by atoms with Crippen LogP contribution in [0.5, 0.6) is 0 Å². The molecule has 1 unspecified atom stereocenters. The van der Waals surface area contributed by atoms with Gasteiger partial charge < -0.3 is 5.32 Å². The summed E-state index contributed by atoms with van der Waals surface area (Å²) in [5, 5.41) is 3.57. The highest BCUT2D eigenvalue weighted by atomic mass is 35.5. The van der Waals surface area contributed by atoms with Crippen molar-refractivity contribution >= 4 is 11.6 Å². The summed E-state index contributed by atoms with van der Waals surface area (Å²) < 4.78 is 13.3. The van der Waals surface area contributed by atoms with Crippen LogP contribution < -0.4 is 5.32 Å². The van der Waals surface area contributed by atoms with Crippen LogP contribution in [-0.2, 0) is 0 Å². The normalized spacial score (nSPS) is 13.8. The maximum atomic E-state index is 13.3. The molecule has 0 fully saturated rings. The van der Waals surface area contributed by atoms with E-state index in [1.807, 2.05) is 13.0 Å². The zero-order chi connectivity index (χ0) is 13.1. The van der Waals surface area contributed by atoms with Crippen molar-refractivity contribution in [3.8, 4) is 0 Å². The van der Waals surface area contributed by atoms with Gasteiger partial charge in [-0.1, -0.05) is 38.4 Å². The Balaban J connectivity index is 2.52. The standard InChI is InChI=1S/C14H21ClFN/c1-10(17-8-7-14(2,3)4)11-5-6-12(15)13(16)9-11/h5-6,9-10,17H,7-8H2,1-4H3. The molecule has 0 heterocycles. The van der Waals surface area contributed by atoms with Crippen molar-refractivity contribution in [1.29, 1.82) is 0 Å². The molecule has 1 N–H and O–H groups in total. The lowest BCUT2D eigenvalue weighted by molar-refractivity contribution is 0.358. The van der Waals surface area contributed by atoms with E-state index in [0.29, 0.717) is 5.41 Å². The van der Waals surface area contributed by atoms with Gasteiger partial charge in [-0.15, -0.1) is 0 Å². The van der Waals surface area contributed by atoms with Gasteiger partial charge in [0.05, 0.1) is 5.02 Å². The fourth-order valence-electron chi connectivity index (χ4n) is 1.56. The second-order valence-electron chi connectivity index (χ2n) is 5.66. The molecule has 0 aromatic heterocycles. The lowest BCUT2D eigenvalue weighted by atomic mass is 9.92. The van der Waals surface area contributed by atoms with Crippen molar-refractivity contribution in [2.24, 2.45) is 5.41 Å². The third-order valence-corrected chi connectivity index (χ3v) is 3.08. The fourth-order valence-corrected chi connectivity index (χ4v) is 1.68. The lowest BCUT2D eigenvalue weighted by Gasteiger charge is -2.21. The third kappa shape index (κ3) is 5.05. The smallest absolute Gasteiger partial charge is 0.142 e. The third-order valence-electron chi connectivity index (χ3n) is 2.77. The topological polar surface area (TPSA) is 12.0 Å². The van der Waals surface area contributed by atoms with E-state index in [-0.39, 0.29) is 16.9 Å². The molecule has 0 spiro atoms. The van der Waals surface area contributed by atoms with Crippen LogP contribution in [0.1, 0.15) is 45.7 Å². The highest BCUT2D eigenvalue weighted by molar-refractivity contribution is 6.30. The molecule has 0 aliphatic rings. The summed E-state index contributed by atoms with van der Waals surface area (Å²) in [4.78, 5) is 0. The number of rotatable bonds is 4. The van der Waals surface area contributed by atoms with Gasteiger partial charge >= 0.3 is 0 Å². The van der Waals surface area contributed by atoms with Gasteiger partial charge in [-0.3, -0.25) is 0 Å². The lowest BCUT2D eigenvalue weighted by Crippen LogP contribution is -2.23. The van der Waals surface area contributed by atoms with Crippen LogP contribution in [-0.4, -0.2) is 6.54 Å².